The number of rotatable bonds is 6. The van der Waals surface area contributed by atoms with Gasteiger partial charge in [-0.2, -0.15) is 0 Å². The SMILES string of the molecule is CC(C)CC1CCCN1c1ccc(C(=O)c2nccn2C)cc1[N+](=O)[O-]. The maximum Gasteiger partial charge on any atom is 0.293 e. The lowest BCUT2D eigenvalue weighted by molar-refractivity contribution is -0.384. The van der Waals surface area contributed by atoms with Crippen molar-refractivity contribution in [3.63, 3.8) is 0 Å². The second-order valence-electron chi connectivity index (χ2n) is 7.27. The summed E-state index contributed by atoms with van der Waals surface area (Å²) in [5.41, 5.74) is 0.879. The Morgan fingerprint density at radius 1 is 1.42 bits per heavy atom. The fraction of sp³-hybridized carbons (Fsp3) is 0.474. The molecule has 1 fully saturated rings. The van der Waals surface area contributed by atoms with Crippen LogP contribution in [0.5, 0.6) is 0 Å². The van der Waals surface area contributed by atoms with Crippen LogP contribution in [0.1, 0.15) is 49.3 Å². The van der Waals surface area contributed by atoms with E-state index >= 15 is 0 Å². The number of benzene rings is 1. The third kappa shape index (κ3) is 3.47. The minimum absolute atomic E-state index is 0.0132. The number of ketones is 1. The van der Waals surface area contributed by atoms with Crippen molar-refractivity contribution in [3.8, 4) is 0 Å². The topological polar surface area (TPSA) is 81.3 Å². The lowest BCUT2D eigenvalue weighted by atomic mass is 10.0. The Morgan fingerprint density at radius 2 is 2.19 bits per heavy atom. The van der Waals surface area contributed by atoms with Crippen LogP contribution in [-0.2, 0) is 7.05 Å². The highest BCUT2D eigenvalue weighted by molar-refractivity contribution is 6.07. The molecule has 1 aromatic heterocycles. The number of anilines is 1. The number of imidazole rings is 1. The van der Waals surface area contributed by atoms with E-state index in [0.29, 0.717) is 17.6 Å². The van der Waals surface area contributed by atoms with Crippen LogP contribution in [0.3, 0.4) is 0 Å². The van der Waals surface area contributed by atoms with Crippen LogP contribution < -0.4 is 4.90 Å². The number of nitrogens with zero attached hydrogens (tertiary/aromatic N) is 4. The number of nitro groups is 1. The molecule has 2 heterocycles. The summed E-state index contributed by atoms with van der Waals surface area (Å²) in [6.07, 6.45) is 6.30. The summed E-state index contributed by atoms with van der Waals surface area (Å²) < 4.78 is 1.61. The Kier molecular flexibility index (Phi) is 5.06. The second-order valence-corrected chi connectivity index (χ2v) is 7.27. The molecule has 7 heteroatoms. The van der Waals surface area contributed by atoms with E-state index in [2.05, 4.69) is 23.7 Å². The zero-order valence-corrected chi connectivity index (χ0v) is 15.4. The Balaban J connectivity index is 1.96. The van der Waals surface area contributed by atoms with E-state index in [1.807, 2.05) is 0 Å². The molecule has 1 unspecified atom stereocenters. The Morgan fingerprint density at radius 3 is 2.81 bits per heavy atom. The summed E-state index contributed by atoms with van der Waals surface area (Å²) in [6.45, 7) is 5.14. The van der Waals surface area contributed by atoms with E-state index in [9.17, 15) is 14.9 Å². The normalized spacial score (nSPS) is 17.1. The van der Waals surface area contributed by atoms with Gasteiger partial charge in [0.2, 0.25) is 5.78 Å². The van der Waals surface area contributed by atoms with Gasteiger partial charge in [-0.1, -0.05) is 13.8 Å². The molecule has 3 rings (SSSR count). The molecule has 0 amide bonds. The zero-order valence-electron chi connectivity index (χ0n) is 15.4. The molecule has 2 aromatic rings. The van der Waals surface area contributed by atoms with Crippen molar-refractivity contribution < 1.29 is 9.72 Å². The van der Waals surface area contributed by atoms with Crippen LogP contribution in [0.25, 0.3) is 0 Å². The lowest BCUT2D eigenvalue weighted by Gasteiger charge is -2.28. The third-order valence-corrected chi connectivity index (χ3v) is 4.89. The molecule has 0 bridgehead atoms. The molecule has 0 N–H and O–H groups in total. The summed E-state index contributed by atoms with van der Waals surface area (Å²) >= 11 is 0. The summed E-state index contributed by atoms with van der Waals surface area (Å²) in [5, 5.41) is 11.7. The van der Waals surface area contributed by atoms with Crippen LogP contribution >= 0.6 is 0 Å². The van der Waals surface area contributed by atoms with E-state index < -0.39 is 4.92 Å². The first-order valence-corrected chi connectivity index (χ1v) is 8.95. The zero-order chi connectivity index (χ0) is 18.8. The maximum absolute atomic E-state index is 12.6. The highest BCUT2D eigenvalue weighted by Gasteiger charge is 2.31. The number of carbonyl (C=O) groups excluding carboxylic acids is 1. The molecule has 0 aliphatic carbocycles. The van der Waals surface area contributed by atoms with Gasteiger partial charge in [-0.05, 0) is 37.3 Å². The molecule has 26 heavy (non-hydrogen) atoms. The average Bonchev–Trinajstić information content (AvgIpc) is 3.22. The van der Waals surface area contributed by atoms with E-state index in [-0.39, 0.29) is 22.9 Å². The van der Waals surface area contributed by atoms with Gasteiger partial charge >= 0.3 is 0 Å². The van der Waals surface area contributed by atoms with Gasteiger partial charge in [-0.25, -0.2) is 4.98 Å². The molecule has 1 saturated heterocycles. The molecule has 0 radical (unpaired) electrons. The van der Waals surface area contributed by atoms with E-state index in [1.165, 1.54) is 12.3 Å². The Labute approximate surface area is 152 Å². The number of carbonyl (C=O) groups is 1. The molecule has 0 spiro atoms. The highest BCUT2D eigenvalue weighted by Crippen LogP contribution is 2.36. The molecular weight excluding hydrogens is 332 g/mol. The predicted molar refractivity (Wildman–Crippen MR) is 99.6 cm³/mol. The number of nitro benzene ring substituents is 1. The fourth-order valence-electron chi connectivity index (χ4n) is 3.71. The van der Waals surface area contributed by atoms with Gasteiger partial charge in [0.05, 0.1) is 4.92 Å². The maximum atomic E-state index is 12.6. The molecule has 1 aromatic carbocycles. The second kappa shape index (κ2) is 7.27. The van der Waals surface area contributed by atoms with Crippen LogP contribution in [0, 0.1) is 16.0 Å². The van der Waals surface area contributed by atoms with E-state index in [4.69, 9.17) is 0 Å². The Hall–Kier alpha value is -2.70. The van der Waals surface area contributed by atoms with Crippen molar-refractivity contribution in [2.45, 2.75) is 39.2 Å². The quantitative estimate of drug-likeness (QED) is 0.449. The smallest absolute Gasteiger partial charge is 0.293 e. The lowest BCUT2D eigenvalue weighted by Crippen LogP contribution is -2.31. The van der Waals surface area contributed by atoms with Crippen molar-refractivity contribution in [1.29, 1.82) is 0 Å². The van der Waals surface area contributed by atoms with E-state index in [0.717, 1.165) is 25.8 Å². The van der Waals surface area contributed by atoms with Crippen molar-refractivity contribution in [3.05, 3.63) is 52.1 Å². The highest BCUT2D eigenvalue weighted by atomic mass is 16.6. The molecule has 1 aliphatic heterocycles. The van der Waals surface area contributed by atoms with Gasteiger partial charge in [0.1, 0.15) is 5.69 Å². The summed E-state index contributed by atoms with van der Waals surface area (Å²) in [6, 6.07) is 5.08. The monoisotopic (exact) mass is 356 g/mol. The molecule has 1 aliphatic rings. The molecule has 1 atom stereocenters. The van der Waals surface area contributed by atoms with Crippen LogP contribution in [0.15, 0.2) is 30.6 Å². The minimum atomic E-state index is -0.394. The van der Waals surface area contributed by atoms with E-state index in [1.54, 1.807) is 29.9 Å². The van der Waals surface area contributed by atoms with Gasteiger partial charge in [0, 0.05) is 43.7 Å². The van der Waals surface area contributed by atoms with Crippen LogP contribution in [0.4, 0.5) is 11.4 Å². The number of hydrogen-bond acceptors (Lipinski definition) is 5. The van der Waals surface area contributed by atoms with Gasteiger partial charge in [0.25, 0.3) is 5.69 Å². The minimum Gasteiger partial charge on any atom is -0.363 e. The standard InChI is InChI=1S/C19H24N4O3/c1-13(2)11-15-5-4-9-22(15)16-7-6-14(12-17(16)23(25)26)18(24)19-20-8-10-21(19)3/h6-8,10,12-13,15H,4-5,9,11H2,1-3H3. The average molecular weight is 356 g/mol. The molecular formula is C19H24N4O3. The van der Waals surface area contributed by atoms with Crippen molar-refractivity contribution in [2.24, 2.45) is 13.0 Å². The first kappa shape index (κ1) is 18.1. The summed E-state index contributed by atoms with van der Waals surface area (Å²) in [5.74, 6) is 0.488. The largest absolute Gasteiger partial charge is 0.363 e. The van der Waals surface area contributed by atoms with Crippen molar-refractivity contribution >= 4 is 17.2 Å². The molecule has 0 saturated carbocycles. The van der Waals surface area contributed by atoms with Gasteiger partial charge in [-0.15, -0.1) is 0 Å². The number of aromatic nitrogens is 2. The van der Waals surface area contributed by atoms with Gasteiger partial charge < -0.3 is 9.47 Å². The summed E-state index contributed by atoms with van der Waals surface area (Å²) in [4.78, 5) is 30.1. The predicted octanol–water partition coefficient (Wildman–Crippen LogP) is 3.57. The number of hydrogen-bond donors (Lipinski definition) is 0. The van der Waals surface area contributed by atoms with Gasteiger partial charge in [-0.3, -0.25) is 14.9 Å². The van der Waals surface area contributed by atoms with Crippen LogP contribution in [-0.4, -0.2) is 32.8 Å². The fourth-order valence-corrected chi connectivity index (χ4v) is 3.71. The van der Waals surface area contributed by atoms with Crippen molar-refractivity contribution in [2.75, 3.05) is 11.4 Å². The summed E-state index contributed by atoms with van der Waals surface area (Å²) in [7, 11) is 1.73. The molecule has 138 valence electrons. The van der Waals surface area contributed by atoms with Crippen molar-refractivity contribution in [1.82, 2.24) is 9.55 Å². The van der Waals surface area contributed by atoms with Gasteiger partial charge in [0.15, 0.2) is 5.82 Å². The first-order chi connectivity index (χ1) is 12.4. The number of aryl methyl sites for hydroxylation is 1. The first-order valence-electron chi connectivity index (χ1n) is 8.95. The Bertz CT molecular complexity index is 828. The van der Waals surface area contributed by atoms with Crippen LogP contribution in [0.2, 0.25) is 0 Å². The molecule has 7 nitrogen and oxygen atoms in total. The third-order valence-electron chi connectivity index (χ3n) is 4.89.